The van der Waals surface area contributed by atoms with Crippen LogP contribution in [-0.2, 0) is 11.3 Å². The number of amides is 2. The van der Waals surface area contributed by atoms with Gasteiger partial charge in [0.2, 0.25) is 5.91 Å². The molecule has 7 nitrogen and oxygen atoms in total. The Kier molecular flexibility index (Phi) is 7.49. The van der Waals surface area contributed by atoms with Gasteiger partial charge in [0, 0.05) is 59.3 Å². The second-order valence-electron chi connectivity index (χ2n) is 9.60. The zero-order valence-corrected chi connectivity index (χ0v) is 20.9. The first kappa shape index (κ1) is 24.3. The SMILES string of the molecule is CC(=O)N1CCN(C(=O)c2ccc(CN3CCN(C(c4ccccc4)c4ccccc4)CC3)o2)CC1. The Morgan fingerprint density at radius 1 is 0.722 bits per heavy atom. The number of furan rings is 1. The van der Waals surface area contributed by atoms with Gasteiger partial charge in [-0.2, -0.15) is 0 Å². The molecular formula is C29H34N4O3. The zero-order chi connectivity index (χ0) is 24.9. The number of hydrogen-bond donors (Lipinski definition) is 0. The molecule has 2 fully saturated rings. The van der Waals surface area contributed by atoms with E-state index in [1.807, 2.05) is 6.07 Å². The van der Waals surface area contributed by atoms with E-state index in [0.717, 1.165) is 31.9 Å². The largest absolute Gasteiger partial charge is 0.455 e. The molecular weight excluding hydrogens is 452 g/mol. The number of piperazine rings is 2. The molecule has 5 rings (SSSR count). The second-order valence-corrected chi connectivity index (χ2v) is 9.60. The van der Waals surface area contributed by atoms with Gasteiger partial charge >= 0.3 is 0 Å². The molecule has 0 radical (unpaired) electrons. The highest BCUT2D eigenvalue weighted by Gasteiger charge is 2.28. The minimum absolute atomic E-state index is 0.0568. The highest BCUT2D eigenvalue weighted by molar-refractivity contribution is 5.91. The van der Waals surface area contributed by atoms with E-state index in [1.165, 1.54) is 11.1 Å². The number of hydrogen-bond acceptors (Lipinski definition) is 5. The van der Waals surface area contributed by atoms with Gasteiger partial charge < -0.3 is 14.2 Å². The zero-order valence-electron chi connectivity index (χ0n) is 20.9. The van der Waals surface area contributed by atoms with Gasteiger partial charge in [0.1, 0.15) is 5.76 Å². The summed E-state index contributed by atoms with van der Waals surface area (Å²) in [6.45, 7) is 8.29. The van der Waals surface area contributed by atoms with Crippen LogP contribution in [0.25, 0.3) is 0 Å². The Balaban J connectivity index is 1.17. The third kappa shape index (κ3) is 5.53. The number of nitrogens with zero attached hydrogens (tertiary/aromatic N) is 4. The normalized spacial score (nSPS) is 17.5. The fraction of sp³-hybridized carbons (Fsp3) is 0.379. The molecule has 1 aromatic heterocycles. The molecule has 0 unspecified atom stereocenters. The Bertz CT molecular complexity index is 1110. The molecule has 0 spiro atoms. The smallest absolute Gasteiger partial charge is 0.289 e. The molecule has 0 atom stereocenters. The summed E-state index contributed by atoms with van der Waals surface area (Å²) in [5.74, 6) is 1.16. The lowest BCUT2D eigenvalue weighted by atomic mass is 9.96. The van der Waals surface area contributed by atoms with Crippen LogP contribution in [0.5, 0.6) is 0 Å². The van der Waals surface area contributed by atoms with Crippen molar-refractivity contribution in [3.63, 3.8) is 0 Å². The maximum Gasteiger partial charge on any atom is 0.289 e. The van der Waals surface area contributed by atoms with E-state index in [4.69, 9.17) is 4.42 Å². The van der Waals surface area contributed by atoms with Crippen LogP contribution in [-0.4, -0.2) is 83.8 Å². The predicted octanol–water partition coefficient (Wildman–Crippen LogP) is 3.49. The first-order valence-corrected chi connectivity index (χ1v) is 12.8. The lowest BCUT2D eigenvalue weighted by Gasteiger charge is -2.39. The maximum atomic E-state index is 12.9. The third-order valence-corrected chi connectivity index (χ3v) is 7.27. The minimum atomic E-state index is -0.0946. The van der Waals surface area contributed by atoms with E-state index in [-0.39, 0.29) is 17.9 Å². The monoisotopic (exact) mass is 486 g/mol. The molecule has 2 saturated heterocycles. The topological polar surface area (TPSA) is 60.2 Å². The van der Waals surface area contributed by atoms with Crippen LogP contribution in [0.2, 0.25) is 0 Å². The average molecular weight is 487 g/mol. The summed E-state index contributed by atoms with van der Waals surface area (Å²) in [6.07, 6.45) is 0. The Labute approximate surface area is 212 Å². The van der Waals surface area contributed by atoms with Crippen molar-refractivity contribution in [2.75, 3.05) is 52.4 Å². The molecule has 3 aromatic rings. The standard InChI is InChI=1S/C29H34N4O3/c1-23(34)31-18-20-33(21-19-31)29(35)27-13-12-26(36-27)22-30-14-16-32(17-15-30)28(24-8-4-2-5-9-24)25-10-6-3-7-11-25/h2-13,28H,14-22H2,1H3. The van der Waals surface area contributed by atoms with Crippen LogP contribution in [0.1, 0.15) is 40.4 Å². The molecule has 2 aromatic carbocycles. The molecule has 0 N–H and O–H groups in total. The quantitative estimate of drug-likeness (QED) is 0.534. The summed E-state index contributed by atoms with van der Waals surface area (Å²) in [5, 5.41) is 0. The first-order chi connectivity index (χ1) is 17.6. The summed E-state index contributed by atoms with van der Waals surface area (Å²) in [4.78, 5) is 32.9. The minimum Gasteiger partial charge on any atom is -0.455 e. The lowest BCUT2D eigenvalue weighted by molar-refractivity contribution is -0.130. The van der Waals surface area contributed by atoms with Crippen molar-refractivity contribution >= 4 is 11.8 Å². The van der Waals surface area contributed by atoms with Gasteiger partial charge in [0.25, 0.3) is 5.91 Å². The predicted molar refractivity (Wildman–Crippen MR) is 138 cm³/mol. The van der Waals surface area contributed by atoms with E-state index >= 15 is 0 Å². The van der Waals surface area contributed by atoms with Crippen molar-refractivity contribution in [3.05, 3.63) is 95.4 Å². The Morgan fingerprint density at radius 3 is 1.83 bits per heavy atom. The van der Waals surface area contributed by atoms with Gasteiger partial charge in [-0.1, -0.05) is 60.7 Å². The van der Waals surface area contributed by atoms with Gasteiger partial charge in [-0.05, 0) is 23.3 Å². The van der Waals surface area contributed by atoms with Gasteiger partial charge in [-0.3, -0.25) is 19.4 Å². The van der Waals surface area contributed by atoms with Gasteiger partial charge in [-0.15, -0.1) is 0 Å². The van der Waals surface area contributed by atoms with E-state index in [2.05, 4.69) is 70.5 Å². The third-order valence-electron chi connectivity index (χ3n) is 7.27. The maximum absolute atomic E-state index is 12.9. The molecule has 0 aliphatic carbocycles. The van der Waals surface area contributed by atoms with Crippen LogP contribution in [0.4, 0.5) is 0 Å². The number of benzene rings is 2. The summed E-state index contributed by atoms with van der Waals surface area (Å²) in [6, 6.07) is 25.4. The average Bonchev–Trinajstić information content (AvgIpc) is 3.39. The van der Waals surface area contributed by atoms with Gasteiger partial charge in [0.15, 0.2) is 5.76 Å². The number of carbonyl (C=O) groups excluding carboxylic acids is 2. The number of carbonyl (C=O) groups is 2. The van der Waals surface area contributed by atoms with Crippen molar-refractivity contribution in [3.8, 4) is 0 Å². The van der Waals surface area contributed by atoms with Gasteiger partial charge in [0.05, 0.1) is 12.6 Å². The van der Waals surface area contributed by atoms with Crippen molar-refractivity contribution in [1.29, 1.82) is 0 Å². The van der Waals surface area contributed by atoms with Crippen molar-refractivity contribution in [2.45, 2.75) is 19.5 Å². The van der Waals surface area contributed by atoms with Crippen LogP contribution < -0.4 is 0 Å². The Hall–Kier alpha value is -3.42. The molecule has 7 heteroatoms. The molecule has 0 bridgehead atoms. The summed E-state index contributed by atoms with van der Waals surface area (Å²) in [7, 11) is 0. The van der Waals surface area contributed by atoms with Crippen molar-refractivity contribution in [2.24, 2.45) is 0 Å². The van der Waals surface area contributed by atoms with Crippen LogP contribution in [0.15, 0.2) is 77.2 Å². The summed E-state index contributed by atoms with van der Waals surface area (Å²) < 4.78 is 5.96. The lowest BCUT2D eigenvalue weighted by Crippen LogP contribution is -2.50. The molecule has 188 valence electrons. The van der Waals surface area contributed by atoms with E-state index < -0.39 is 0 Å². The molecule has 2 aliphatic rings. The second kappa shape index (κ2) is 11.1. The first-order valence-electron chi connectivity index (χ1n) is 12.8. The van der Waals surface area contributed by atoms with Crippen molar-refractivity contribution < 1.29 is 14.0 Å². The van der Waals surface area contributed by atoms with Crippen LogP contribution in [0.3, 0.4) is 0 Å². The fourth-order valence-corrected chi connectivity index (χ4v) is 5.24. The number of rotatable bonds is 6. The summed E-state index contributed by atoms with van der Waals surface area (Å²) in [5.41, 5.74) is 2.63. The van der Waals surface area contributed by atoms with E-state index in [9.17, 15) is 9.59 Å². The van der Waals surface area contributed by atoms with Crippen molar-refractivity contribution in [1.82, 2.24) is 19.6 Å². The molecule has 2 aliphatic heterocycles. The van der Waals surface area contributed by atoms with Gasteiger partial charge in [-0.25, -0.2) is 0 Å². The van der Waals surface area contributed by atoms with Crippen LogP contribution in [0, 0.1) is 0 Å². The highest BCUT2D eigenvalue weighted by Crippen LogP contribution is 2.29. The summed E-state index contributed by atoms with van der Waals surface area (Å²) >= 11 is 0. The molecule has 36 heavy (non-hydrogen) atoms. The Morgan fingerprint density at radius 2 is 1.28 bits per heavy atom. The highest BCUT2D eigenvalue weighted by atomic mass is 16.4. The molecule has 3 heterocycles. The van der Waals surface area contributed by atoms with E-state index in [1.54, 1.807) is 22.8 Å². The molecule has 2 amide bonds. The van der Waals surface area contributed by atoms with E-state index in [0.29, 0.717) is 38.5 Å². The fourth-order valence-electron chi connectivity index (χ4n) is 5.24. The molecule has 0 saturated carbocycles. The van der Waals surface area contributed by atoms with Crippen LogP contribution >= 0.6 is 0 Å².